The van der Waals surface area contributed by atoms with Gasteiger partial charge in [0.05, 0.1) is 0 Å². The summed E-state index contributed by atoms with van der Waals surface area (Å²) in [6.45, 7) is 12.9. The zero-order valence-electron chi connectivity index (χ0n) is 12.6. The third-order valence-corrected chi connectivity index (χ3v) is 4.22. The molecule has 0 radical (unpaired) electrons. The van der Waals surface area contributed by atoms with E-state index in [1.54, 1.807) is 0 Å². The fourth-order valence-electron chi connectivity index (χ4n) is 3.70. The Balaban J connectivity index is 2.59. The highest BCUT2D eigenvalue weighted by Crippen LogP contribution is 2.37. The Morgan fingerprint density at radius 1 is 1.00 bits per heavy atom. The van der Waals surface area contributed by atoms with Gasteiger partial charge in [0.2, 0.25) is 0 Å². The molecule has 0 spiro atoms. The second kappa shape index (κ2) is 5.71. The molecule has 0 aromatic heterocycles. The summed E-state index contributed by atoms with van der Waals surface area (Å²) >= 11 is 0. The molecule has 0 aliphatic carbocycles. The Hall–Kier alpha value is -0.0800. The summed E-state index contributed by atoms with van der Waals surface area (Å²) in [7, 11) is 0. The van der Waals surface area contributed by atoms with Crippen LogP contribution < -0.4 is 5.73 Å². The number of piperidine rings is 1. The number of nitrogens with two attached hydrogens (primary N) is 1. The molecule has 1 saturated heterocycles. The minimum Gasteiger partial charge on any atom is -0.328 e. The van der Waals surface area contributed by atoms with Gasteiger partial charge in [-0.3, -0.25) is 4.90 Å². The van der Waals surface area contributed by atoms with Crippen LogP contribution in [-0.2, 0) is 0 Å². The van der Waals surface area contributed by atoms with Crippen LogP contribution in [0.15, 0.2) is 0 Å². The highest BCUT2D eigenvalue weighted by molar-refractivity contribution is 5.01. The van der Waals surface area contributed by atoms with Crippen molar-refractivity contribution in [3.63, 3.8) is 0 Å². The standard InChI is InChI=1S/C15H32N2/c1-6-7-8-9-10-17-14(2,3)11-13(16)12-15(17,4)5/h13H,6-12,16H2,1-5H3. The first kappa shape index (κ1) is 15.0. The van der Waals surface area contributed by atoms with Crippen molar-refractivity contribution in [2.24, 2.45) is 5.73 Å². The summed E-state index contributed by atoms with van der Waals surface area (Å²) in [4.78, 5) is 2.69. The largest absolute Gasteiger partial charge is 0.328 e. The van der Waals surface area contributed by atoms with Crippen LogP contribution in [0, 0.1) is 0 Å². The molecule has 0 unspecified atom stereocenters. The minimum atomic E-state index is 0.257. The molecule has 0 aromatic carbocycles. The second-order valence-corrected chi connectivity index (χ2v) is 7.01. The van der Waals surface area contributed by atoms with Crippen molar-refractivity contribution >= 4 is 0 Å². The van der Waals surface area contributed by atoms with Gasteiger partial charge in [0.25, 0.3) is 0 Å². The van der Waals surface area contributed by atoms with E-state index in [0.717, 1.165) is 12.8 Å². The first-order valence-corrected chi connectivity index (χ1v) is 7.33. The van der Waals surface area contributed by atoms with Crippen LogP contribution in [0.3, 0.4) is 0 Å². The van der Waals surface area contributed by atoms with Crippen molar-refractivity contribution in [1.82, 2.24) is 4.90 Å². The zero-order valence-corrected chi connectivity index (χ0v) is 12.6. The maximum Gasteiger partial charge on any atom is 0.0173 e. The fourth-order valence-corrected chi connectivity index (χ4v) is 3.70. The third-order valence-electron chi connectivity index (χ3n) is 4.22. The summed E-state index contributed by atoms with van der Waals surface area (Å²) in [5.74, 6) is 0. The van der Waals surface area contributed by atoms with Crippen molar-refractivity contribution in [2.45, 2.75) is 90.3 Å². The SMILES string of the molecule is CCCCCCN1C(C)(C)CC(N)CC1(C)C. The molecule has 0 aromatic rings. The van der Waals surface area contributed by atoms with Crippen LogP contribution in [0.4, 0.5) is 0 Å². The van der Waals surface area contributed by atoms with Gasteiger partial charge in [-0.05, 0) is 53.5 Å². The lowest BCUT2D eigenvalue weighted by Crippen LogP contribution is -2.63. The van der Waals surface area contributed by atoms with Gasteiger partial charge in [0, 0.05) is 17.1 Å². The average molecular weight is 240 g/mol. The number of unbranched alkanes of at least 4 members (excludes halogenated alkanes) is 3. The van der Waals surface area contributed by atoms with E-state index in [0.29, 0.717) is 6.04 Å². The first-order chi connectivity index (χ1) is 7.79. The summed E-state index contributed by atoms with van der Waals surface area (Å²) in [5, 5.41) is 0. The van der Waals surface area contributed by atoms with E-state index in [1.165, 1.54) is 32.2 Å². The first-order valence-electron chi connectivity index (χ1n) is 7.33. The lowest BCUT2D eigenvalue weighted by molar-refractivity contribution is -0.0355. The molecule has 0 bridgehead atoms. The van der Waals surface area contributed by atoms with Gasteiger partial charge >= 0.3 is 0 Å². The van der Waals surface area contributed by atoms with Crippen molar-refractivity contribution in [2.75, 3.05) is 6.54 Å². The van der Waals surface area contributed by atoms with E-state index >= 15 is 0 Å². The maximum absolute atomic E-state index is 6.20. The molecule has 1 heterocycles. The van der Waals surface area contributed by atoms with E-state index in [2.05, 4.69) is 39.5 Å². The monoisotopic (exact) mass is 240 g/mol. The average Bonchev–Trinajstić information content (AvgIpc) is 2.12. The molecular weight excluding hydrogens is 208 g/mol. The van der Waals surface area contributed by atoms with Crippen LogP contribution in [0.5, 0.6) is 0 Å². The normalized spacial score (nSPS) is 25.1. The highest BCUT2D eigenvalue weighted by Gasteiger charge is 2.43. The molecule has 17 heavy (non-hydrogen) atoms. The van der Waals surface area contributed by atoms with Crippen LogP contribution in [0.1, 0.15) is 73.1 Å². The zero-order chi connectivity index (χ0) is 13.1. The number of hydrogen-bond acceptors (Lipinski definition) is 2. The topological polar surface area (TPSA) is 29.3 Å². The predicted octanol–water partition coefficient (Wildman–Crippen LogP) is 3.55. The number of hydrogen-bond donors (Lipinski definition) is 1. The van der Waals surface area contributed by atoms with Gasteiger partial charge < -0.3 is 5.73 Å². The molecule has 2 nitrogen and oxygen atoms in total. The van der Waals surface area contributed by atoms with Crippen molar-refractivity contribution in [1.29, 1.82) is 0 Å². The van der Waals surface area contributed by atoms with Gasteiger partial charge in [-0.1, -0.05) is 26.2 Å². The molecule has 2 N–H and O–H groups in total. The molecule has 102 valence electrons. The highest BCUT2D eigenvalue weighted by atomic mass is 15.3. The van der Waals surface area contributed by atoms with E-state index < -0.39 is 0 Å². The smallest absolute Gasteiger partial charge is 0.0173 e. The molecular formula is C15H32N2. The van der Waals surface area contributed by atoms with E-state index in [1.807, 2.05) is 0 Å². The van der Waals surface area contributed by atoms with Crippen molar-refractivity contribution in [3.05, 3.63) is 0 Å². The van der Waals surface area contributed by atoms with Crippen molar-refractivity contribution in [3.8, 4) is 0 Å². The van der Waals surface area contributed by atoms with Gasteiger partial charge in [0.15, 0.2) is 0 Å². The van der Waals surface area contributed by atoms with Crippen LogP contribution >= 0.6 is 0 Å². The molecule has 0 amide bonds. The van der Waals surface area contributed by atoms with Gasteiger partial charge in [-0.15, -0.1) is 0 Å². The lowest BCUT2D eigenvalue weighted by atomic mass is 9.77. The van der Waals surface area contributed by atoms with E-state index in [9.17, 15) is 0 Å². The summed E-state index contributed by atoms with van der Waals surface area (Å²) in [5.41, 5.74) is 6.71. The lowest BCUT2D eigenvalue weighted by Gasteiger charge is -2.55. The van der Waals surface area contributed by atoms with Crippen LogP contribution in [-0.4, -0.2) is 28.6 Å². The molecule has 1 aliphatic heterocycles. The number of nitrogens with zero attached hydrogens (tertiary/aromatic N) is 1. The van der Waals surface area contributed by atoms with E-state index in [-0.39, 0.29) is 11.1 Å². The Kier molecular flexibility index (Phi) is 5.03. The summed E-state index contributed by atoms with van der Waals surface area (Å²) in [6, 6.07) is 0.367. The molecule has 1 rings (SSSR count). The van der Waals surface area contributed by atoms with Gasteiger partial charge in [0.1, 0.15) is 0 Å². The predicted molar refractivity (Wildman–Crippen MR) is 76.2 cm³/mol. The summed E-state index contributed by atoms with van der Waals surface area (Å²) < 4.78 is 0. The number of likely N-dealkylation sites (tertiary alicyclic amines) is 1. The molecule has 0 atom stereocenters. The molecule has 1 fully saturated rings. The Bertz CT molecular complexity index is 215. The fraction of sp³-hybridized carbons (Fsp3) is 1.00. The molecule has 1 aliphatic rings. The third kappa shape index (κ3) is 3.96. The van der Waals surface area contributed by atoms with Gasteiger partial charge in [-0.2, -0.15) is 0 Å². The van der Waals surface area contributed by atoms with Crippen LogP contribution in [0.25, 0.3) is 0 Å². The van der Waals surface area contributed by atoms with Crippen molar-refractivity contribution < 1.29 is 0 Å². The summed E-state index contributed by atoms with van der Waals surface area (Å²) in [6.07, 6.45) is 7.64. The molecule has 0 saturated carbocycles. The second-order valence-electron chi connectivity index (χ2n) is 7.01. The van der Waals surface area contributed by atoms with E-state index in [4.69, 9.17) is 5.73 Å². The Morgan fingerprint density at radius 2 is 1.53 bits per heavy atom. The maximum atomic E-state index is 6.20. The minimum absolute atomic E-state index is 0.257. The Morgan fingerprint density at radius 3 is 2.00 bits per heavy atom. The number of rotatable bonds is 5. The molecule has 2 heteroatoms. The van der Waals surface area contributed by atoms with Gasteiger partial charge in [-0.25, -0.2) is 0 Å². The quantitative estimate of drug-likeness (QED) is 0.745. The Labute approximate surface area is 108 Å². The van der Waals surface area contributed by atoms with Crippen LogP contribution in [0.2, 0.25) is 0 Å².